The van der Waals surface area contributed by atoms with E-state index in [1.165, 1.54) is 12.1 Å². The van der Waals surface area contributed by atoms with Gasteiger partial charge in [0.2, 0.25) is 5.88 Å². The van der Waals surface area contributed by atoms with E-state index in [1.54, 1.807) is 0 Å². The molecule has 1 heterocycles. The highest BCUT2D eigenvalue weighted by atomic mass is 32.2. The average Bonchev–Trinajstić information content (AvgIpc) is 2.64. The van der Waals surface area contributed by atoms with Crippen molar-refractivity contribution in [1.29, 1.82) is 5.26 Å². The smallest absolute Gasteiger partial charge is 0.233 e. The quantitative estimate of drug-likeness (QED) is 0.512. The topological polar surface area (TPSA) is 69.8 Å². The molecule has 27 heavy (non-hydrogen) atoms. The second kappa shape index (κ2) is 7.72. The Morgan fingerprint density at radius 3 is 2.59 bits per heavy atom. The molecule has 4 nitrogen and oxygen atoms in total. The molecule has 0 atom stereocenters. The van der Waals surface area contributed by atoms with E-state index in [4.69, 9.17) is 0 Å². The molecule has 0 aliphatic carbocycles. The van der Waals surface area contributed by atoms with Gasteiger partial charge in [-0.3, -0.25) is 0 Å². The van der Waals surface area contributed by atoms with Crippen LogP contribution in [0.15, 0.2) is 41.6 Å². The molecule has 0 amide bonds. The summed E-state index contributed by atoms with van der Waals surface area (Å²) >= 11 is 1.05. The first-order valence-electron chi connectivity index (χ1n) is 8.05. The van der Waals surface area contributed by atoms with Crippen molar-refractivity contribution < 1.29 is 13.9 Å². The maximum absolute atomic E-state index is 13.8. The Bertz CT molecular complexity index is 1060. The van der Waals surface area contributed by atoms with E-state index >= 15 is 0 Å². The Morgan fingerprint density at radius 2 is 1.89 bits per heavy atom. The number of aryl methyl sites for hydroxylation is 2. The van der Waals surface area contributed by atoms with Gasteiger partial charge in [-0.1, -0.05) is 36.0 Å². The van der Waals surface area contributed by atoms with E-state index in [9.17, 15) is 19.1 Å². The number of halogens is 2. The summed E-state index contributed by atoms with van der Waals surface area (Å²) in [7, 11) is 0. The van der Waals surface area contributed by atoms with Gasteiger partial charge in [-0.2, -0.15) is 10.2 Å². The van der Waals surface area contributed by atoms with Gasteiger partial charge in [-0.15, -0.1) is 0 Å². The molecule has 0 spiro atoms. The minimum atomic E-state index is -0.924. The summed E-state index contributed by atoms with van der Waals surface area (Å²) in [6.45, 7) is 3.91. The average molecular weight is 383 g/mol. The van der Waals surface area contributed by atoms with Crippen molar-refractivity contribution in [2.75, 3.05) is 0 Å². The van der Waals surface area contributed by atoms with E-state index in [2.05, 4.69) is 9.97 Å². The molecule has 0 bridgehead atoms. The number of aromatic nitrogens is 2. The molecule has 136 valence electrons. The fourth-order valence-corrected chi connectivity index (χ4v) is 3.31. The van der Waals surface area contributed by atoms with Gasteiger partial charge in [0.1, 0.15) is 11.6 Å². The Morgan fingerprint density at radius 1 is 1.11 bits per heavy atom. The van der Waals surface area contributed by atoms with Gasteiger partial charge in [0.15, 0.2) is 16.8 Å². The molecule has 0 radical (unpaired) electrons. The lowest BCUT2D eigenvalue weighted by Crippen LogP contribution is -1.98. The lowest BCUT2D eigenvalue weighted by molar-refractivity contribution is 0.444. The van der Waals surface area contributed by atoms with Gasteiger partial charge in [0.05, 0.1) is 5.69 Å². The van der Waals surface area contributed by atoms with E-state index in [1.807, 2.05) is 38.1 Å². The highest BCUT2D eigenvalue weighted by Gasteiger charge is 2.17. The number of aromatic hydroxyl groups is 1. The number of rotatable bonds is 4. The second-order valence-electron chi connectivity index (χ2n) is 5.97. The number of thioether (sulfide) groups is 1. The van der Waals surface area contributed by atoms with E-state index < -0.39 is 17.5 Å². The highest BCUT2D eigenvalue weighted by Crippen LogP contribution is 2.31. The van der Waals surface area contributed by atoms with Crippen molar-refractivity contribution in [1.82, 2.24) is 9.97 Å². The molecule has 0 saturated carbocycles. The third-order valence-corrected chi connectivity index (χ3v) is 5.05. The summed E-state index contributed by atoms with van der Waals surface area (Å²) in [4.78, 5) is 8.27. The van der Waals surface area contributed by atoms with Crippen LogP contribution in [0.5, 0.6) is 5.88 Å². The summed E-state index contributed by atoms with van der Waals surface area (Å²) in [5.41, 5.74) is 3.22. The van der Waals surface area contributed by atoms with Crippen LogP contribution in [0.1, 0.15) is 22.3 Å². The van der Waals surface area contributed by atoms with Crippen molar-refractivity contribution in [3.05, 3.63) is 70.3 Å². The van der Waals surface area contributed by atoms with E-state index in [-0.39, 0.29) is 22.0 Å². The number of nitrogens with zero attached hydrogens (tertiary/aromatic N) is 3. The predicted molar refractivity (Wildman–Crippen MR) is 99.2 cm³/mol. The molecule has 3 aromatic rings. The van der Waals surface area contributed by atoms with Gasteiger partial charge in [0.25, 0.3) is 0 Å². The SMILES string of the molecule is Cc1ccc(-c2nc(SCc3cccc(F)c3F)nc(O)c2C#N)cc1C. The fraction of sp³-hybridized carbons (Fsp3) is 0.150. The van der Waals surface area contributed by atoms with Crippen LogP contribution in [-0.4, -0.2) is 15.1 Å². The fourth-order valence-electron chi connectivity index (χ4n) is 2.50. The second-order valence-corrected chi connectivity index (χ2v) is 6.91. The van der Waals surface area contributed by atoms with E-state index in [0.717, 1.165) is 29.0 Å². The van der Waals surface area contributed by atoms with Crippen LogP contribution < -0.4 is 0 Å². The van der Waals surface area contributed by atoms with E-state index in [0.29, 0.717) is 11.3 Å². The highest BCUT2D eigenvalue weighted by molar-refractivity contribution is 7.98. The Labute approximate surface area is 159 Å². The number of hydrogen-bond acceptors (Lipinski definition) is 5. The first-order chi connectivity index (χ1) is 12.9. The minimum absolute atomic E-state index is 0.0282. The van der Waals surface area contributed by atoms with Crippen molar-refractivity contribution in [2.45, 2.75) is 24.8 Å². The zero-order valence-electron chi connectivity index (χ0n) is 14.6. The minimum Gasteiger partial charge on any atom is -0.492 e. The van der Waals surface area contributed by atoms with Crippen LogP contribution in [0.4, 0.5) is 8.78 Å². The lowest BCUT2D eigenvalue weighted by atomic mass is 10.0. The molecule has 0 aliphatic rings. The zero-order valence-corrected chi connectivity index (χ0v) is 15.4. The van der Waals surface area contributed by atoms with Gasteiger partial charge in [0, 0.05) is 16.9 Å². The van der Waals surface area contributed by atoms with Crippen LogP contribution in [-0.2, 0) is 5.75 Å². The monoisotopic (exact) mass is 383 g/mol. The molecule has 0 aliphatic heterocycles. The third-order valence-electron chi connectivity index (χ3n) is 4.15. The number of nitriles is 1. The number of hydrogen-bond donors (Lipinski definition) is 1. The molecule has 7 heteroatoms. The van der Waals surface area contributed by atoms with Crippen LogP contribution in [0.3, 0.4) is 0 Å². The maximum Gasteiger partial charge on any atom is 0.233 e. The Hall–Kier alpha value is -2.98. The van der Waals surface area contributed by atoms with Gasteiger partial charge in [-0.05, 0) is 37.1 Å². The summed E-state index contributed by atoms with van der Waals surface area (Å²) in [6.07, 6.45) is 0. The first-order valence-corrected chi connectivity index (χ1v) is 9.03. The normalized spacial score (nSPS) is 10.6. The maximum atomic E-state index is 13.8. The Kier molecular flexibility index (Phi) is 5.38. The molecule has 2 aromatic carbocycles. The molecule has 1 N–H and O–H groups in total. The predicted octanol–water partition coefficient (Wildman–Crippen LogP) is 4.91. The molecule has 3 rings (SSSR count). The van der Waals surface area contributed by atoms with Gasteiger partial charge >= 0.3 is 0 Å². The lowest BCUT2D eigenvalue weighted by Gasteiger charge is -2.10. The molecular weight excluding hydrogens is 368 g/mol. The molecule has 0 unspecified atom stereocenters. The van der Waals surface area contributed by atoms with Crippen LogP contribution in [0, 0.1) is 36.8 Å². The van der Waals surface area contributed by atoms with Crippen LogP contribution in [0.2, 0.25) is 0 Å². The standard InChI is InChI=1S/C20H15F2N3OS/c1-11-6-7-13(8-12(11)2)18-15(9-23)19(26)25-20(24-18)27-10-14-4-3-5-16(21)17(14)22/h3-8H,10H2,1-2H3,(H,24,25,26). The van der Waals surface area contributed by atoms with Crippen LogP contribution in [0.25, 0.3) is 11.3 Å². The molecular formula is C20H15F2N3OS. The summed E-state index contributed by atoms with van der Waals surface area (Å²) in [5, 5.41) is 19.7. The largest absolute Gasteiger partial charge is 0.492 e. The molecule has 1 aromatic heterocycles. The van der Waals surface area contributed by atoms with Crippen molar-refractivity contribution in [3.63, 3.8) is 0 Å². The number of benzene rings is 2. The summed E-state index contributed by atoms with van der Waals surface area (Å²) < 4.78 is 27.1. The molecule has 0 saturated heterocycles. The summed E-state index contributed by atoms with van der Waals surface area (Å²) in [5.74, 6) is -2.20. The van der Waals surface area contributed by atoms with Crippen LogP contribution >= 0.6 is 11.8 Å². The van der Waals surface area contributed by atoms with Crippen molar-refractivity contribution in [2.24, 2.45) is 0 Å². The van der Waals surface area contributed by atoms with Gasteiger partial charge < -0.3 is 5.11 Å². The Balaban J connectivity index is 1.98. The third kappa shape index (κ3) is 3.91. The first kappa shape index (κ1) is 18.8. The van der Waals surface area contributed by atoms with Crippen molar-refractivity contribution >= 4 is 11.8 Å². The van der Waals surface area contributed by atoms with Crippen molar-refractivity contribution in [3.8, 4) is 23.2 Å². The molecule has 0 fully saturated rings. The summed E-state index contributed by atoms with van der Waals surface area (Å²) in [6, 6.07) is 11.4. The van der Waals surface area contributed by atoms with Gasteiger partial charge in [-0.25, -0.2) is 13.8 Å². The zero-order chi connectivity index (χ0) is 19.6.